The van der Waals surface area contributed by atoms with E-state index in [4.69, 9.17) is 28.4 Å². The zero-order valence-corrected chi connectivity index (χ0v) is 26.1. The van der Waals surface area contributed by atoms with Crippen LogP contribution in [0.1, 0.15) is 16.6 Å². The van der Waals surface area contributed by atoms with Crippen molar-refractivity contribution in [3.05, 3.63) is 47.5 Å². The summed E-state index contributed by atoms with van der Waals surface area (Å²) in [6, 6.07) is 7.98. The van der Waals surface area contributed by atoms with Crippen LogP contribution in [0.2, 0.25) is 0 Å². The van der Waals surface area contributed by atoms with Crippen molar-refractivity contribution in [2.75, 3.05) is 40.6 Å². The molecule has 4 rings (SSSR count). The first kappa shape index (κ1) is 32.4. The predicted molar refractivity (Wildman–Crippen MR) is 163 cm³/mol. The van der Waals surface area contributed by atoms with Crippen molar-refractivity contribution in [1.82, 2.24) is 0 Å². The van der Waals surface area contributed by atoms with Crippen molar-refractivity contribution in [2.24, 2.45) is 11.8 Å². The number of ether oxygens (including phenoxy) is 6. The van der Waals surface area contributed by atoms with E-state index in [0.29, 0.717) is 0 Å². The molecule has 0 unspecified atom stereocenters. The number of methoxy groups -OCH3 is 2. The molecule has 0 amide bonds. The van der Waals surface area contributed by atoms with Gasteiger partial charge in [-0.05, 0) is 60.1 Å². The fourth-order valence-electron chi connectivity index (χ4n) is 5.38. The maximum atomic E-state index is 10.7. The maximum Gasteiger partial charge on any atom is 0.186 e. The smallest absolute Gasteiger partial charge is 0.186 e. The number of benzene rings is 2. The summed E-state index contributed by atoms with van der Waals surface area (Å²) in [5.74, 6) is -4.03. The summed E-state index contributed by atoms with van der Waals surface area (Å²) in [5.41, 5.74) is 0.524. The summed E-state index contributed by atoms with van der Waals surface area (Å²) in [6.45, 7) is -7.86. The Morgan fingerprint density at radius 3 is 1.33 bits per heavy atom. The molecule has 12 atom stereocenters. The normalized spacial score (nSPS) is 33.9. The lowest BCUT2D eigenvalue weighted by molar-refractivity contribution is -0.308. The van der Waals surface area contributed by atoms with Gasteiger partial charge < -0.3 is 79.5 Å². The lowest BCUT2D eigenvalue weighted by Gasteiger charge is -2.41. The third-order valence-corrected chi connectivity index (χ3v) is 8.25. The van der Waals surface area contributed by atoms with Gasteiger partial charge in [0.2, 0.25) is 0 Å². The highest BCUT2D eigenvalue weighted by Gasteiger charge is 2.46. The Morgan fingerprint density at radius 2 is 1.00 bits per heavy atom. The van der Waals surface area contributed by atoms with E-state index in [1.54, 1.807) is 0 Å². The predicted octanol–water partition coefficient (Wildman–Crippen LogP) is -2.23. The second-order valence-corrected chi connectivity index (χ2v) is 11.5. The number of aliphatic hydroxyl groups excluding tert-OH is 8. The largest absolute Gasteiger partial charge is 0.504 e. The number of hydrogen-bond donors (Lipinski definition) is 10. The van der Waals surface area contributed by atoms with E-state index in [-0.39, 0.29) is 34.1 Å². The summed E-state index contributed by atoms with van der Waals surface area (Å²) >= 11 is 0. The first-order chi connectivity index (χ1) is 24.4. The highest BCUT2D eigenvalue weighted by Crippen LogP contribution is 2.34. The van der Waals surface area contributed by atoms with E-state index in [1.165, 1.54) is 50.6 Å². The number of hydrogen-bond acceptors (Lipinski definition) is 16. The topological polar surface area (TPSA) is 258 Å². The Hall–Kier alpha value is -2.84. The van der Waals surface area contributed by atoms with Gasteiger partial charge in [0, 0.05) is 0 Å². The molecule has 0 saturated carbocycles. The van der Waals surface area contributed by atoms with Crippen molar-refractivity contribution in [1.29, 1.82) is 0 Å². The third-order valence-electron chi connectivity index (χ3n) is 8.25. The SMILES string of the molecule is [2H]C([2H])(O[C@H]1O[C@@H](CO)[C@H](O)[C@@H](O)[C@@H]1O)[C@@H](Cc1ccc(O)c(OC)c1)[C@H](Cc1ccc(O)c(OC)c1)C([2H])([2H])O[C@@H]1O[C@H](CO)[C@@H](O)[C@H](O)[C@H]1O. The van der Waals surface area contributed by atoms with Gasteiger partial charge in [0.05, 0.1) is 46.0 Å². The lowest BCUT2D eigenvalue weighted by Crippen LogP contribution is -2.59. The van der Waals surface area contributed by atoms with Gasteiger partial charge in [-0.2, -0.15) is 0 Å². The first-order valence-electron chi connectivity index (χ1n) is 17.1. The van der Waals surface area contributed by atoms with E-state index in [0.717, 1.165) is 0 Å². The molecular weight excluding hydrogens is 640 g/mol. The first-order valence-corrected chi connectivity index (χ1v) is 15.1. The monoisotopic (exact) mass is 690 g/mol. The van der Waals surface area contributed by atoms with Crippen LogP contribution < -0.4 is 9.47 Å². The van der Waals surface area contributed by atoms with Crippen LogP contribution in [0.3, 0.4) is 0 Å². The highest BCUT2D eigenvalue weighted by molar-refractivity contribution is 5.43. The molecule has 2 heterocycles. The average Bonchev–Trinajstić information content (AvgIpc) is 3.11. The highest BCUT2D eigenvalue weighted by atomic mass is 16.7. The molecule has 2 aliphatic rings. The van der Waals surface area contributed by atoms with Crippen molar-refractivity contribution < 1.29 is 85.0 Å². The average molecular weight is 691 g/mol. The molecule has 0 aliphatic carbocycles. The number of rotatable bonds is 15. The second-order valence-electron chi connectivity index (χ2n) is 11.5. The third kappa shape index (κ3) is 8.84. The van der Waals surface area contributed by atoms with Crippen molar-refractivity contribution in [2.45, 2.75) is 74.3 Å². The molecule has 0 radical (unpaired) electrons. The molecule has 2 aliphatic heterocycles. The van der Waals surface area contributed by atoms with Gasteiger partial charge in [-0.15, -0.1) is 0 Å². The zero-order chi connectivity index (χ0) is 38.7. The molecule has 48 heavy (non-hydrogen) atoms. The molecule has 2 aromatic carbocycles. The molecule has 0 spiro atoms. The van der Waals surface area contributed by atoms with Crippen LogP contribution >= 0.6 is 0 Å². The van der Waals surface area contributed by atoms with Crippen LogP contribution in [0.15, 0.2) is 36.4 Å². The number of aromatic hydroxyl groups is 2. The van der Waals surface area contributed by atoms with Gasteiger partial charge in [-0.1, -0.05) is 12.1 Å². The van der Waals surface area contributed by atoms with E-state index >= 15 is 0 Å². The minimum atomic E-state index is -3.07. The Balaban J connectivity index is 1.85. The van der Waals surface area contributed by atoms with Crippen LogP contribution in [0.25, 0.3) is 0 Å². The van der Waals surface area contributed by atoms with Crippen LogP contribution in [0.4, 0.5) is 0 Å². The number of aliphatic hydroxyl groups is 8. The van der Waals surface area contributed by atoms with E-state index < -0.39 is 112 Å². The zero-order valence-electron chi connectivity index (χ0n) is 30.1. The fourth-order valence-corrected chi connectivity index (χ4v) is 5.38. The number of phenolic OH excluding ortho intramolecular Hbond substituents is 2. The van der Waals surface area contributed by atoms with E-state index in [2.05, 4.69) is 0 Å². The summed E-state index contributed by atoms with van der Waals surface area (Å²) in [6.07, 6.45) is -19.5. The van der Waals surface area contributed by atoms with Crippen LogP contribution in [0, 0.1) is 11.8 Å². The molecule has 0 aromatic heterocycles. The van der Waals surface area contributed by atoms with Gasteiger partial charge >= 0.3 is 0 Å². The Morgan fingerprint density at radius 1 is 0.625 bits per heavy atom. The quantitative estimate of drug-likeness (QED) is 0.0948. The van der Waals surface area contributed by atoms with Crippen molar-refractivity contribution in [3.63, 3.8) is 0 Å². The van der Waals surface area contributed by atoms with Crippen LogP contribution in [-0.2, 0) is 31.8 Å². The molecular formula is C32H46O16. The molecule has 2 aromatic rings. The van der Waals surface area contributed by atoms with Crippen molar-refractivity contribution >= 4 is 0 Å². The Bertz CT molecular complexity index is 1360. The summed E-state index contributed by atoms with van der Waals surface area (Å²) in [7, 11) is 2.54. The summed E-state index contributed by atoms with van der Waals surface area (Å²) in [4.78, 5) is 0. The minimum absolute atomic E-state index is 0.0212. The van der Waals surface area contributed by atoms with Gasteiger partial charge in [-0.3, -0.25) is 0 Å². The van der Waals surface area contributed by atoms with Crippen LogP contribution in [0.5, 0.6) is 23.0 Å². The molecule has 2 saturated heterocycles. The fraction of sp³-hybridized carbons (Fsp3) is 0.625. The van der Waals surface area contributed by atoms with Crippen LogP contribution in [-0.4, -0.2) is 153 Å². The van der Waals surface area contributed by atoms with Gasteiger partial charge in [0.25, 0.3) is 0 Å². The minimum Gasteiger partial charge on any atom is -0.504 e. The molecule has 16 heteroatoms. The second kappa shape index (κ2) is 17.2. The Kier molecular flexibility index (Phi) is 11.6. The molecule has 0 bridgehead atoms. The number of phenols is 2. The van der Waals surface area contributed by atoms with Gasteiger partial charge in [0.15, 0.2) is 35.6 Å². The molecule has 16 nitrogen and oxygen atoms in total. The Labute approximate surface area is 282 Å². The molecule has 2 fully saturated rings. The van der Waals surface area contributed by atoms with E-state index in [1.807, 2.05) is 0 Å². The molecule has 10 N–H and O–H groups in total. The lowest BCUT2D eigenvalue weighted by atomic mass is 9.83. The standard InChI is InChI=1S/C32H46O16/c1-43-21-9-15(3-5-19(21)35)7-17(13-45-31-29(41)27(39)25(37)23(11-33)47-31)18(8-16-4-6-20(36)22(10-16)44-2)14-46-32-30(42)28(40)26(38)24(12-34)48-32/h3-6,9-10,17-18,23-42H,7-8,11-14H2,1-2H3/t17-,18-,23-,24+,25-,26+,27+,28-,29-,30+,31-,32+/m1/s1/i13D2,14D2. The van der Waals surface area contributed by atoms with Gasteiger partial charge in [0.1, 0.15) is 48.8 Å². The van der Waals surface area contributed by atoms with E-state index in [9.17, 15) is 56.5 Å². The molecule has 270 valence electrons. The van der Waals surface area contributed by atoms with Crippen molar-refractivity contribution in [3.8, 4) is 23.0 Å². The summed E-state index contributed by atoms with van der Waals surface area (Å²) < 4.78 is 69.3. The summed E-state index contributed by atoms with van der Waals surface area (Å²) in [5, 5.41) is 103. The maximum absolute atomic E-state index is 10.7. The van der Waals surface area contributed by atoms with Gasteiger partial charge in [-0.25, -0.2) is 0 Å².